The fourth-order valence-electron chi connectivity index (χ4n) is 3.32. The Morgan fingerprint density at radius 3 is 2.64 bits per heavy atom. The summed E-state index contributed by atoms with van der Waals surface area (Å²) in [5.41, 5.74) is 0.469. The number of carbonyl (C=O) groups excluding carboxylic acids is 1. The minimum Gasteiger partial charge on any atom is -0.373 e. The number of rotatable bonds is 4. The van der Waals surface area contributed by atoms with Gasteiger partial charge in [-0.25, -0.2) is 4.79 Å². The number of H-pyrrole nitrogens is 1. The van der Waals surface area contributed by atoms with Crippen molar-refractivity contribution in [2.75, 3.05) is 0 Å². The van der Waals surface area contributed by atoms with Crippen LogP contribution in [-0.2, 0) is 0 Å². The number of imidazole rings is 1. The van der Waals surface area contributed by atoms with E-state index in [4.69, 9.17) is 11.6 Å². The summed E-state index contributed by atoms with van der Waals surface area (Å²) < 4.78 is 1.38. The van der Waals surface area contributed by atoms with Gasteiger partial charge < -0.3 is 15.4 Å². The standard InChI is InChI=1S/C18H22ClN3O3/c19-15-8-7-13(22-10-9-20-18(22)25)11-14(15)17(24)21-16(23)12-5-3-1-2-4-6-12/h7-12,16,23H,1-6H2,(H,20,25)(H,21,24). The van der Waals surface area contributed by atoms with Crippen LogP contribution in [0, 0.1) is 5.92 Å². The van der Waals surface area contributed by atoms with Gasteiger partial charge in [-0.2, -0.15) is 0 Å². The molecular weight excluding hydrogens is 342 g/mol. The number of benzene rings is 1. The summed E-state index contributed by atoms with van der Waals surface area (Å²) >= 11 is 6.15. The molecule has 1 unspecified atom stereocenters. The molecule has 1 atom stereocenters. The predicted molar refractivity (Wildman–Crippen MR) is 96.1 cm³/mol. The highest BCUT2D eigenvalue weighted by molar-refractivity contribution is 6.33. The van der Waals surface area contributed by atoms with E-state index in [-0.39, 0.29) is 22.2 Å². The molecule has 25 heavy (non-hydrogen) atoms. The van der Waals surface area contributed by atoms with Crippen LogP contribution < -0.4 is 11.0 Å². The summed E-state index contributed by atoms with van der Waals surface area (Å²) in [5.74, 6) is -0.368. The molecule has 0 radical (unpaired) electrons. The van der Waals surface area contributed by atoms with E-state index in [0.717, 1.165) is 25.7 Å². The Morgan fingerprint density at radius 1 is 1.28 bits per heavy atom. The Bertz CT molecular complexity index is 791. The maximum Gasteiger partial charge on any atom is 0.330 e. The van der Waals surface area contributed by atoms with Gasteiger partial charge in [-0.3, -0.25) is 9.36 Å². The van der Waals surface area contributed by atoms with Crippen LogP contribution in [0.4, 0.5) is 0 Å². The quantitative estimate of drug-likeness (QED) is 0.576. The van der Waals surface area contributed by atoms with E-state index < -0.39 is 12.1 Å². The average Bonchev–Trinajstić information content (AvgIpc) is 2.85. The smallest absolute Gasteiger partial charge is 0.330 e. The number of hydrogen-bond acceptors (Lipinski definition) is 3. The van der Waals surface area contributed by atoms with Crippen molar-refractivity contribution in [3.63, 3.8) is 0 Å². The Morgan fingerprint density at radius 2 is 2.00 bits per heavy atom. The second kappa shape index (κ2) is 7.89. The third-order valence-electron chi connectivity index (χ3n) is 4.75. The fraction of sp³-hybridized carbons (Fsp3) is 0.444. The first-order valence-corrected chi connectivity index (χ1v) is 8.99. The number of aliphatic hydroxyl groups is 1. The van der Waals surface area contributed by atoms with Crippen LogP contribution in [-0.4, -0.2) is 26.8 Å². The van der Waals surface area contributed by atoms with Crippen LogP contribution in [0.1, 0.15) is 48.9 Å². The van der Waals surface area contributed by atoms with Crippen molar-refractivity contribution >= 4 is 17.5 Å². The number of carbonyl (C=O) groups is 1. The molecule has 1 amide bonds. The highest BCUT2D eigenvalue weighted by atomic mass is 35.5. The molecule has 1 aliphatic rings. The molecule has 1 fully saturated rings. The van der Waals surface area contributed by atoms with E-state index in [1.54, 1.807) is 24.4 Å². The van der Waals surface area contributed by atoms with Gasteiger partial charge >= 0.3 is 5.69 Å². The van der Waals surface area contributed by atoms with Crippen molar-refractivity contribution in [3.8, 4) is 5.69 Å². The molecule has 1 aromatic heterocycles. The number of amides is 1. The Labute approximate surface area is 150 Å². The summed E-state index contributed by atoms with van der Waals surface area (Å²) in [4.78, 5) is 26.8. The molecule has 1 aromatic carbocycles. The minimum absolute atomic E-state index is 0.0701. The molecule has 3 rings (SSSR count). The Kier molecular flexibility index (Phi) is 5.60. The molecule has 1 aliphatic carbocycles. The van der Waals surface area contributed by atoms with Crippen molar-refractivity contribution in [2.45, 2.75) is 44.8 Å². The monoisotopic (exact) mass is 363 g/mol. The molecule has 134 valence electrons. The summed E-state index contributed by atoms with van der Waals surface area (Å²) in [7, 11) is 0. The van der Waals surface area contributed by atoms with Crippen LogP contribution in [0.2, 0.25) is 5.02 Å². The van der Waals surface area contributed by atoms with E-state index in [9.17, 15) is 14.7 Å². The Hall–Kier alpha value is -2.05. The van der Waals surface area contributed by atoms with Gasteiger partial charge in [0.1, 0.15) is 6.23 Å². The lowest BCUT2D eigenvalue weighted by molar-refractivity contribution is 0.0532. The SMILES string of the molecule is O=C(NC(O)C1CCCCCC1)c1cc(-n2cc[nH]c2=O)ccc1Cl. The zero-order valence-corrected chi connectivity index (χ0v) is 14.6. The van der Waals surface area contributed by atoms with Crippen LogP contribution in [0.25, 0.3) is 5.69 Å². The van der Waals surface area contributed by atoms with Crippen molar-refractivity contribution < 1.29 is 9.90 Å². The lowest BCUT2D eigenvalue weighted by Crippen LogP contribution is -2.40. The van der Waals surface area contributed by atoms with Gasteiger partial charge in [0.25, 0.3) is 5.91 Å². The van der Waals surface area contributed by atoms with Gasteiger partial charge in [-0.05, 0) is 31.0 Å². The van der Waals surface area contributed by atoms with Crippen LogP contribution in [0.5, 0.6) is 0 Å². The summed E-state index contributed by atoms with van der Waals surface area (Å²) in [6.45, 7) is 0. The topological polar surface area (TPSA) is 87.1 Å². The number of hydrogen-bond donors (Lipinski definition) is 3. The molecule has 0 aliphatic heterocycles. The molecule has 7 heteroatoms. The lowest BCUT2D eigenvalue weighted by Gasteiger charge is -2.22. The van der Waals surface area contributed by atoms with Crippen molar-refractivity contribution in [3.05, 3.63) is 51.7 Å². The van der Waals surface area contributed by atoms with E-state index in [0.29, 0.717) is 5.69 Å². The first kappa shape index (κ1) is 17.8. The van der Waals surface area contributed by atoms with Gasteiger partial charge in [0.05, 0.1) is 16.3 Å². The summed E-state index contributed by atoms with van der Waals surface area (Å²) in [5, 5.41) is 13.3. The molecule has 6 nitrogen and oxygen atoms in total. The Balaban J connectivity index is 1.77. The first-order chi connectivity index (χ1) is 12.1. The van der Waals surface area contributed by atoms with Crippen molar-refractivity contribution in [1.82, 2.24) is 14.9 Å². The molecular formula is C18H22ClN3O3. The molecule has 0 saturated heterocycles. The number of aromatic nitrogens is 2. The van der Waals surface area contributed by atoms with E-state index in [2.05, 4.69) is 10.3 Å². The van der Waals surface area contributed by atoms with Crippen LogP contribution >= 0.6 is 11.6 Å². The molecule has 1 heterocycles. The lowest BCUT2D eigenvalue weighted by atomic mass is 9.98. The van der Waals surface area contributed by atoms with Crippen molar-refractivity contribution in [1.29, 1.82) is 0 Å². The molecule has 3 N–H and O–H groups in total. The third kappa shape index (κ3) is 4.14. The maximum atomic E-state index is 12.6. The molecule has 2 aromatic rings. The predicted octanol–water partition coefficient (Wildman–Crippen LogP) is 2.84. The van der Waals surface area contributed by atoms with Gasteiger partial charge in [0, 0.05) is 18.3 Å². The van der Waals surface area contributed by atoms with E-state index in [1.165, 1.54) is 23.6 Å². The van der Waals surface area contributed by atoms with E-state index in [1.807, 2.05) is 0 Å². The zero-order chi connectivity index (χ0) is 17.8. The van der Waals surface area contributed by atoms with Crippen molar-refractivity contribution in [2.24, 2.45) is 5.92 Å². The number of nitrogens with one attached hydrogen (secondary N) is 2. The van der Waals surface area contributed by atoms with Crippen LogP contribution in [0.3, 0.4) is 0 Å². The van der Waals surface area contributed by atoms with Crippen LogP contribution in [0.15, 0.2) is 35.4 Å². The molecule has 0 bridgehead atoms. The molecule has 0 spiro atoms. The first-order valence-electron chi connectivity index (χ1n) is 8.61. The largest absolute Gasteiger partial charge is 0.373 e. The number of aromatic amines is 1. The normalized spacial score (nSPS) is 17.0. The zero-order valence-electron chi connectivity index (χ0n) is 13.9. The second-order valence-electron chi connectivity index (χ2n) is 6.47. The third-order valence-corrected chi connectivity index (χ3v) is 5.08. The van der Waals surface area contributed by atoms with Gasteiger partial charge in [-0.1, -0.05) is 37.3 Å². The summed E-state index contributed by atoms with van der Waals surface area (Å²) in [6, 6.07) is 4.78. The fourth-order valence-corrected chi connectivity index (χ4v) is 3.52. The summed E-state index contributed by atoms with van der Waals surface area (Å²) in [6.07, 6.45) is 8.53. The van der Waals surface area contributed by atoms with Gasteiger partial charge in [0.2, 0.25) is 0 Å². The maximum absolute atomic E-state index is 12.6. The second-order valence-corrected chi connectivity index (χ2v) is 6.88. The highest BCUT2D eigenvalue weighted by Gasteiger charge is 2.23. The number of aliphatic hydroxyl groups excluding tert-OH is 1. The number of halogens is 1. The minimum atomic E-state index is -0.889. The number of nitrogens with zero attached hydrogens (tertiary/aromatic N) is 1. The highest BCUT2D eigenvalue weighted by Crippen LogP contribution is 2.25. The van der Waals surface area contributed by atoms with Gasteiger partial charge in [-0.15, -0.1) is 0 Å². The van der Waals surface area contributed by atoms with E-state index >= 15 is 0 Å². The average molecular weight is 364 g/mol. The van der Waals surface area contributed by atoms with Gasteiger partial charge in [0.15, 0.2) is 0 Å². The molecule has 1 saturated carbocycles.